The van der Waals surface area contributed by atoms with E-state index in [4.69, 9.17) is 9.47 Å². The first-order valence-corrected chi connectivity index (χ1v) is 8.53. The number of aliphatic imine (C=N–C) groups is 1. The first-order chi connectivity index (χ1) is 12.1. The van der Waals surface area contributed by atoms with Gasteiger partial charge in [0.05, 0.1) is 19.6 Å². The summed E-state index contributed by atoms with van der Waals surface area (Å²) in [6.07, 6.45) is 1.73. The van der Waals surface area contributed by atoms with Crippen molar-refractivity contribution in [2.45, 2.75) is 26.3 Å². The van der Waals surface area contributed by atoms with E-state index in [-0.39, 0.29) is 17.6 Å². The zero-order valence-corrected chi connectivity index (χ0v) is 15.0. The Labute approximate surface area is 148 Å². The Kier molecular flexibility index (Phi) is 7.03. The highest BCUT2D eigenvalue weighted by Gasteiger charge is 2.28. The quantitative estimate of drug-likeness (QED) is 0.500. The molecule has 0 bridgehead atoms. The van der Waals surface area contributed by atoms with E-state index >= 15 is 0 Å². The summed E-state index contributed by atoms with van der Waals surface area (Å²) in [6.45, 7) is 4.05. The Bertz CT molecular complexity index is 622. The molecule has 1 aliphatic heterocycles. The monoisotopic (exact) mass is 351 g/mol. The van der Waals surface area contributed by atoms with Gasteiger partial charge in [0.25, 0.3) is 0 Å². The summed E-state index contributed by atoms with van der Waals surface area (Å²) in [5, 5.41) is 3.23. The predicted molar refractivity (Wildman–Crippen MR) is 94.1 cm³/mol. The number of ether oxygens (including phenoxy) is 2. The van der Waals surface area contributed by atoms with Gasteiger partial charge in [0.1, 0.15) is 0 Å². The van der Waals surface area contributed by atoms with Crippen LogP contribution >= 0.6 is 0 Å². The van der Waals surface area contributed by atoms with Crippen molar-refractivity contribution in [1.82, 2.24) is 10.2 Å². The fourth-order valence-corrected chi connectivity index (χ4v) is 2.96. The Morgan fingerprint density at radius 1 is 1.48 bits per heavy atom. The Morgan fingerprint density at radius 2 is 2.28 bits per heavy atom. The van der Waals surface area contributed by atoms with Crippen molar-refractivity contribution in [2.24, 2.45) is 10.9 Å². The SMILES string of the molecule is CCOC(=O)C1CCCN(C(=NC)NCc2ccc(OC)c(F)c2)C1. The predicted octanol–water partition coefficient (Wildman–Crippen LogP) is 2.18. The van der Waals surface area contributed by atoms with Crippen LogP contribution in [0.4, 0.5) is 4.39 Å². The lowest BCUT2D eigenvalue weighted by Gasteiger charge is -2.34. The summed E-state index contributed by atoms with van der Waals surface area (Å²) in [5.41, 5.74) is 0.790. The molecule has 1 fully saturated rings. The highest BCUT2D eigenvalue weighted by molar-refractivity contribution is 5.81. The molecule has 0 aromatic heterocycles. The molecule has 1 atom stereocenters. The Hall–Kier alpha value is -2.31. The van der Waals surface area contributed by atoms with Crippen molar-refractivity contribution in [3.63, 3.8) is 0 Å². The highest BCUT2D eigenvalue weighted by Crippen LogP contribution is 2.19. The largest absolute Gasteiger partial charge is 0.494 e. The van der Waals surface area contributed by atoms with E-state index in [9.17, 15) is 9.18 Å². The smallest absolute Gasteiger partial charge is 0.310 e. The van der Waals surface area contributed by atoms with Gasteiger partial charge < -0.3 is 19.7 Å². The third kappa shape index (κ3) is 5.08. The average molecular weight is 351 g/mol. The molecule has 0 radical (unpaired) electrons. The van der Waals surface area contributed by atoms with Crippen LogP contribution in [0, 0.1) is 11.7 Å². The van der Waals surface area contributed by atoms with E-state index in [1.807, 2.05) is 11.8 Å². The number of carbonyl (C=O) groups is 1. The number of rotatable bonds is 5. The number of likely N-dealkylation sites (tertiary alicyclic amines) is 1. The zero-order valence-electron chi connectivity index (χ0n) is 15.0. The molecule has 1 saturated heterocycles. The number of benzene rings is 1. The van der Waals surface area contributed by atoms with Crippen LogP contribution in [-0.2, 0) is 16.1 Å². The Morgan fingerprint density at radius 3 is 2.92 bits per heavy atom. The molecule has 1 heterocycles. The van der Waals surface area contributed by atoms with Gasteiger partial charge in [-0.3, -0.25) is 9.79 Å². The van der Waals surface area contributed by atoms with Gasteiger partial charge in [0.15, 0.2) is 17.5 Å². The van der Waals surface area contributed by atoms with Gasteiger partial charge in [0, 0.05) is 26.7 Å². The van der Waals surface area contributed by atoms with Gasteiger partial charge >= 0.3 is 5.97 Å². The van der Waals surface area contributed by atoms with E-state index in [1.54, 1.807) is 19.2 Å². The second kappa shape index (κ2) is 9.25. The van der Waals surface area contributed by atoms with Crippen molar-refractivity contribution in [1.29, 1.82) is 0 Å². The van der Waals surface area contributed by atoms with Crippen LogP contribution in [0.25, 0.3) is 0 Å². The van der Waals surface area contributed by atoms with Crippen LogP contribution in [0.5, 0.6) is 5.75 Å². The molecule has 1 aromatic carbocycles. The summed E-state index contributed by atoms with van der Waals surface area (Å²) < 4.78 is 23.8. The maximum Gasteiger partial charge on any atom is 0.310 e. The highest BCUT2D eigenvalue weighted by atomic mass is 19.1. The third-order valence-corrected chi connectivity index (χ3v) is 4.22. The van der Waals surface area contributed by atoms with Crippen LogP contribution in [0.15, 0.2) is 23.2 Å². The minimum Gasteiger partial charge on any atom is -0.494 e. The molecule has 2 rings (SSSR count). The second-order valence-corrected chi connectivity index (χ2v) is 5.91. The second-order valence-electron chi connectivity index (χ2n) is 5.91. The molecular weight excluding hydrogens is 325 g/mol. The molecule has 25 heavy (non-hydrogen) atoms. The van der Waals surface area contributed by atoms with E-state index in [2.05, 4.69) is 10.3 Å². The number of carbonyl (C=O) groups excluding carboxylic acids is 1. The van der Waals surface area contributed by atoms with Gasteiger partial charge in [-0.05, 0) is 37.5 Å². The van der Waals surface area contributed by atoms with Crippen molar-refractivity contribution in [3.8, 4) is 5.75 Å². The van der Waals surface area contributed by atoms with Crippen LogP contribution in [0.1, 0.15) is 25.3 Å². The number of nitrogens with one attached hydrogen (secondary N) is 1. The molecule has 0 saturated carbocycles. The molecule has 1 aliphatic rings. The normalized spacial score (nSPS) is 18.0. The van der Waals surface area contributed by atoms with Crippen molar-refractivity contribution < 1.29 is 18.7 Å². The third-order valence-electron chi connectivity index (χ3n) is 4.22. The van der Waals surface area contributed by atoms with E-state index in [0.29, 0.717) is 25.7 Å². The topological polar surface area (TPSA) is 63.2 Å². The van der Waals surface area contributed by atoms with Crippen LogP contribution in [0.2, 0.25) is 0 Å². The zero-order chi connectivity index (χ0) is 18.2. The van der Waals surface area contributed by atoms with Crippen molar-refractivity contribution in [3.05, 3.63) is 29.6 Å². The Balaban J connectivity index is 1.95. The fourth-order valence-electron chi connectivity index (χ4n) is 2.96. The van der Waals surface area contributed by atoms with Gasteiger partial charge in [0.2, 0.25) is 0 Å². The lowest BCUT2D eigenvalue weighted by Crippen LogP contribution is -2.48. The van der Waals surface area contributed by atoms with Crippen molar-refractivity contribution >= 4 is 11.9 Å². The summed E-state index contributed by atoms with van der Waals surface area (Å²) >= 11 is 0. The summed E-state index contributed by atoms with van der Waals surface area (Å²) in [4.78, 5) is 18.3. The number of nitrogens with zero attached hydrogens (tertiary/aromatic N) is 2. The molecule has 138 valence electrons. The molecule has 6 nitrogen and oxygen atoms in total. The molecule has 1 aromatic rings. The minimum absolute atomic E-state index is 0.134. The molecular formula is C18H26FN3O3. The lowest BCUT2D eigenvalue weighted by molar-refractivity contribution is -0.149. The van der Waals surface area contributed by atoms with Crippen LogP contribution < -0.4 is 10.1 Å². The molecule has 1 N–H and O–H groups in total. The van der Waals surface area contributed by atoms with E-state index in [1.165, 1.54) is 13.2 Å². The van der Waals surface area contributed by atoms with Gasteiger partial charge in [-0.2, -0.15) is 0 Å². The first-order valence-electron chi connectivity index (χ1n) is 8.53. The number of hydrogen-bond acceptors (Lipinski definition) is 4. The number of guanidine groups is 1. The summed E-state index contributed by atoms with van der Waals surface area (Å²) in [5.74, 6) is 0.245. The average Bonchev–Trinajstić information content (AvgIpc) is 2.63. The lowest BCUT2D eigenvalue weighted by atomic mass is 9.98. The minimum atomic E-state index is -0.392. The van der Waals surface area contributed by atoms with Crippen molar-refractivity contribution in [2.75, 3.05) is 33.9 Å². The van der Waals surface area contributed by atoms with E-state index < -0.39 is 5.82 Å². The van der Waals surface area contributed by atoms with Crippen LogP contribution in [-0.4, -0.2) is 50.7 Å². The number of halogens is 1. The molecule has 0 spiro atoms. The molecule has 7 heteroatoms. The maximum atomic E-state index is 13.8. The number of esters is 1. The summed E-state index contributed by atoms with van der Waals surface area (Å²) in [7, 11) is 3.14. The summed E-state index contributed by atoms with van der Waals surface area (Å²) in [6, 6.07) is 4.85. The van der Waals surface area contributed by atoms with Gasteiger partial charge in [-0.15, -0.1) is 0 Å². The maximum absolute atomic E-state index is 13.8. The van der Waals surface area contributed by atoms with Crippen LogP contribution in [0.3, 0.4) is 0 Å². The fraction of sp³-hybridized carbons (Fsp3) is 0.556. The first kappa shape index (κ1) is 19.0. The molecule has 0 aliphatic carbocycles. The van der Waals surface area contributed by atoms with Gasteiger partial charge in [-0.1, -0.05) is 6.07 Å². The molecule has 1 unspecified atom stereocenters. The number of hydrogen-bond donors (Lipinski definition) is 1. The number of methoxy groups -OCH3 is 1. The molecule has 0 amide bonds. The standard InChI is InChI=1S/C18H26FN3O3/c1-4-25-17(23)14-6-5-9-22(12-14)18(20-2)21-11-13-7-8-16(24-3)15(19)10-13/h7-8,10,14H,4-6,9,11-12H2,1-3H3,(H,20,21). The van der Waals surface area contributed by atoms with Gasteiger partial charge in [-0.25, -0.2) is 4.39 Å². The van der Waals surface area contributed by atoms with E-state index in [0.717, 1.165) is 24.9 Å². The number of piperidine rings is 1.